The normalized spacial score (nSPS) is 18.2. The molecule has 0 aromatic carbocycles. The summed E-state index contributed by atoms with van der Waals surface area (Å²) in [5.74, 6) is 0.477. The minimum absolute atomic E-state index is 0.138. The Balaban J connectivity index is 2.64. The van der Waals surface area contributed by atoms with Crippen LogP contribution in [0.3, 0.4) is 0 Å². The van der Waals surface area contributed by atoms with Crippen LogP contribution in [0.25, 0.3) is 0 Å². The maximum atomic E-state index is 11.4. The molecule has 0 aliphatic carbocycles. The Morgan fingerprint density at radius 1 is 1.54 bits per heavy atom. The SMILES string of the molecule is Bc1cnc2c(c1)C(Br)(Br)C(=O)N2. The highest BCUT2D eigenvalue weighted by Gasteiger charge is 2.43. The number of aromatic nitrogens is 1. The number of fused-ring (bicyclic) bond motifs is 1. The molecule has 0 unspecified atom stereocenters. The van der Waals surface area contributed by atoms with E-state index in [2.05, 4.69) is 42.2 Å². The van der Waals surface area contributed by atoms with E-state index < -0.39 is 3.23 Å². The van der Waals surface area contributed by atoms with E-state index in [1.54, 1.807) is 6.20 Å². The minimum Gasteiger partial charge on any atom is -0.308 e. The smallest absolute Gasteiger partial charge is 0.258 e. The summed E-state index contributed by atoms with van der Waals surface area (Å²) in [5.41, 5.74) is 1.86. The van der Waals surface area contributed by atoms with Gasteiger partial charge in [0.25, 0.3) is 5.91 Å². The lowest BCUT2D eigenvalue weighted by molar-refractivity contribution is -0.115. The Kier molecular flexibility index (Phi) is 2.00. The monoisotopic (exact) mass is 302 g/mol. The van der Waals surface area contributed by atoms with Crippen molar-refractivity contribution in [3.8, 4) is 0 Å². The minimum atomic E-state index is -0.811. The Bertz CT molecular complexity index is 394. The maximum Gasteiger partial charge on any atom is 0.258 e. The van der Waals surface area contributed by atoms with Gasteiger partial charge in [-0.25, -0.2) is 4.98 Å². The second-order valence-electron chi connectivity index (χ2n) is 2.94. The molecule has 0 saturated heterocycles. The van der Waals surface area contributed by atoms with E-state index in [4.69, 9.17) is 0 Å². The molecule has 1 aliphatic rings. The van der Waals surface area contributed by atoms with Gasteiger partial charge in [0.05, 0.1) is 0 Å². The number of carbonyl (C=O) groups is 1. The molecule has 66 valence electrons. The van der Waals surface area contributed by atoms with Crippen molar-refractivity contribution in [1.29, 1.82) is 0 Å². The Labute approximate surface area is 93.0 Å². The molecule has 0 radical (unpaired) electrons. The first-order valence-electron chi connectivity index (χ1n) is 3.68. The number of pyridine rings is 1. The van der Waals surface area contributed by atoms with Crippen LogP contribution in [0.15, 0.2) is 12.3 Å². The quantitative estimate of drug-likeness (QED) is 0.551. The maximum absolute atomic E-state index is 11.4. The summed E-state index contributed by atoms with van der Waals surface area (Å²) < 4.78 is -0.811. The van der Waals surface area contributed by atoms with Crippen molar-refractivity contribution in [3.63, 3.8) is 0 Å². The van der Waals surface area contributed by atoms with Crippen molar-refractivity contribution < 1.29 is 4.79 Å². The second-order valence-corrected chi connectivity index (χ2v) is 6.38. The van der Waals surface area contributed by atoms with E-state index in [-0.39, 0.29) is 5.91 Å². The molecule has 0 atom stereocenters. The molecule has 13 heavy (non-hydrogen) atoms. The number of hydrogen-bond acceptors (Lipinski definition) is 2. The van der Waals surface area contributed by atoms with E-state index in [0.29, 0.717) is 5.82 Å². The lowest BCUT2D eigenvalue weighted by Gasteiger charge is -2.09. The molecule has 6 heteroatoms. The van der Waals surface area contributed by atoms with E-state index in [0.717, 1.165) is 11.0 Å². The highest BCUT2D eigenvalue weighted by molar-refractivity contribution is 9.25. The number of hydrogen-bond donors (Lipinski definition) is 1. The summed E-state index contributed by atoms with van der Waals surface area (Å²) in [7, 11) is 1.94. The van der Waals surface area contributed by atoms with Crippen LogP contribution in [-0.2, 0) is 8.03 Å². The van der Waals surface area contributed by atoms with Crippen molar-refractivity contribution in [3.05, 3.63) is 17.8 Å². The van der Waals surface area contributed by atoms with Gasteiger partial charge < -0.3 is 5.32 Å². The van der Waals surface area contributed by atoms with Crippen LogP contribution >= 0.6 is 31.9 Å². The van der Waals surface area contributed by atoms with Crippen molar-refractivity contribution >= 4 is 56.9 Å². The van der Waals surface area contributed by atoms with E-state index in [1.807, 2.05) is 13.9 Å². The van der Waals surface area contributed by atoms with E-state index in [1.165, 1.54) is 0 Å². The van der Waals surface area contributed by atoms with Gasteiger partial charge in [0.1, 0.15) is 13.7 Å². The fourth-order valence-corrected chi connectivity index (χ4v) is 2.02. The number of rotatable bonds is 0. The lowest BCUT2D eigenvalue weighted by Crippen LogP contribution is -2.20. The summed E-state index contributed by atoms with van der Waals surface area (Å²) in [6.45, 7) is 0. The molecule has 2 heterocycles. The van der Waals surface area contributed by atoms with Crippen molar-refractivity contribution in [2.75, 3.05) is 5.32 Å². The van der Waals surface area contributed by atoms with Crippen molar-refractivity contribution in [2.24, 2.45) is 0 Å². The topological polar surface area (TPSA) is 42.0 Å². The van der Waals surface area contributed by atoms with Crippen LogP contribution in [0.5, 0.6) is 0 Å². The summed E-state index contributed by atoms with van der Waals surface area (Å²) in [6.07, 6.45) is 1.72. The van der Waals surface area contributed by atoms with Gasteiger partial charge in [-0.15, -0.1) is 0 Å². The van der Waals surface area contributed by atoms with Gasteiger partial charge in [-0.1, -0.05) is 43.4 Å². The third-order valence-electron chi connectivity index (χ3n) is 1.88. The van der Waals surface area contributed by atoms with Crippen molar-refractivity contribution in [2.45, 2.75) is 3.23 Å². The molecule has 1 aromatic heterocycles. The Morgan fingerprint density at radius 3 is 2.92 bits per heavy atom. The third-order valence-corrected chi connectivity index (χ3v) is 3.45. The zero-order chi connectivity index (χ0) is 9.64. The fraction of sp³-hybridized carbons (Fsp3) is 0.143. The molecule has 0 fully saturated rings. The van der Waals surface area contributed by atoms with Gasteiger partial charge in [0.2, 0.25) is 0 Å². The van der Waals surface area contributed by atoms with Gasteiger partial charge in [-0.2, -0.15) is 0 Å². The number of amides is 1. The summed E-state index contributed by atoms with van der Waals surface area (Å²) >= 11 is 6.61. The van der Waals surface area contributed by atoms with Crippen LogP contribution in [0.4, 0.5) is 5.82 Å². The molecular formula is C7H5BBr2N2O. The van der Waals surface area contributed by atoms with Crippen LogP contribution < -0.4 is 10.8 Å². The zero-order valence-corrected chi connectivity index (χ0v) is 9.94. The van der Waals surface area contributed by atoms with Gasteiger partial charge in [-0.3, -0.25) is 4.79 Å². The Morgan fingerprint density at radius 2 is 2.23 bits per heavy atom. The first-order valence-corrected chi connectivity index (χ1v) is 5.27. The van der Waals surface area contributed by atoms with Crippen LogP contribution in [0.1, 0.15) is 5.56 Å². The number of nitrogens with zero attached hydrogens (tertiary/aromatic N) is 1. The van der Waals surface area contributed by atoms with Crippen LogP contribution in [-0.4, -0.2) is 18.7 Å². The molecule has 0 bridgehead atoms. The lowest BCUT2D eigenvalue weighted by atomic mass is 9.97. The predicted molar refractivity (Wildman–Crippen MR) is 60.6 cm³/mol. The molecule has 1 N–H and O–H groups in total. The van der Waals surface area contributed by atoms with Gasteiger partial charge >= 0.3 is 0 Å². The molecular weight excluding hydrogens is 299 g/mol. The van der Waals surface area contributed by atoms with Crippen molar-refractivity contribution in [1.82, 2.24) is 4.98 Å². The van der Waals surface area contributed by atoms with Gasteiger partial charge in [0, 0.05) is 11.8 Å². The molecule has 0 spiro atoms. The predicted octanol–water partition coefficient (Wildman–Crippen LogP) is 0.235. The van der Waals surface area contributed by atoms with Gasteiger partial charge in [0.15, 0.2) is 3.23 Å². The molecule has 1 aliphatic heterocycles. The first kappa shape index (κ1) is 9.21. The standard InChI is InChI=1S/C7H5BBr2N2O/c8-3-1-4-5(11-2-3)12-6(13)7(4,9)10/h1-2H,8H2,(H,11,12,13). The second kappa shape index (κ2) is 2.82. The molecule has 3 nitrogen and oxygen atoms in total. The molecule has 1 aromatic rings. The number of anilines is 1. The number of nitrogens with one attached hydrogen (secondary N) is 1. The fourth-order valence-electron chi connectivity index (χ4n) is 1.22. The summed E-state index contributed by atoms with van der Waals surface area (Å²) in [4.78, 5) is 15.5. The first-order chi connectivity index (χ1) is 6.01. The largest absolute Gasteiger partial charge is 0.308 e. The average molecular weight is 304 g/mol. The highest BCUT2D eigenvalue weighted by atomic mass is 79.9. The molecule has 0 saturated carbocycles. The van der Waals surface area contributed by atoms with E-state index in [9.17, 15) is 4.79 Å². The highest BCUT2D eigenvalue weighted by Crippen LogP contribution is 2.45. The zero-order valence-electron chi connectivity index (χ0n) is 6.77. The third kappa shape index (κ3) is 1.32. The molecule has 1 amide bonds. The van der Waals surface area contributed by atoms with Crippen LogP contribution in [0.2, 0.25) is 0 Å². The number of carbonyl (C=O) groups excluding carboxylic acids is 1. The number of halogens is 2. The average Bonchev–Trinajstić information content (AvgIpc) is 2.27. The van der Waals surface area contributed by atoms with Crippen LogP contribution in [0, 0.1) is 0 Å². The van der Waals surface area contributed by atoms with Gasteiger partial charge in [-0.05, 0) is 0 Å². The Hall–Kier alpha value is -0.355. The summed E-state index contributed by atoms with van der Waals surface area (Å²) in [5, 5.41) is 2.67. The number of alkyl halides is 2. The van der Waals surface area contributed by atoms with E-state index >= 15 is 0 Å². The molecule has 2 rings (SSSR count). The summed E-state index contributed by atoms with van der Waals surface area (Å²) in [6, 6.07) is 1.92.